The van der Waals surface area contributed by atoms with Crippen molar-refractivity contribution < 1.29 is 13.2 Å². The minimum absolute atomic E-state index is 0.0340. The molecule has 1 aliphatic heterocycles. The highest BCUT2D eigenvalue weighted by Gasteiger charge is 2.23. The van der Waals surface area contributed by atoms with Gasteiger partial charge in [0.05, 0.1) is 23.1 Å². The van der Waals surface area contributed by atoms with E-state index in [0.717, 1.165) is 5.82 Å². The van der Waals surface area contributed by atoms with E-state index in [-0.39, 0.29) is 11.0 Å². The average Bonchev–Trinajstić information content (AvgIpc) is 3.43. The van der Waals surface area contributed by atoms with Crippen molar-refractivity contribution in [1.82, 2.24) is 24.5 Å². The minimum Gasteiger partial charge on any atom is -0.375 e. The summed E-state index contributed by atoms with van der Waals surface area (Å²) >= 11 is 1.48. The molecule has 4 heterocycles. The lowest BCUT2D eigenvalue weighted by atomic mass is 10.3. The molecule has 3 aromatic heterocycles. The van der Waals surface area contributed by atoms with Gasteiger partial charge >= 0.3 is 0 Å². The number of benzene rings is 1. The van der Waals surface area contributed by atoms with Crippen molar-refractivity contribution in [3.05, 3.63) is 41.5 Å². The van der Waals surface area contributed by atoms with Crippen LogP contribution in [0.2, 0.25) is 0 Å². The number of thiazole rings is 1. The molecule has 1 fully saturated rings. The maximum absolute atomic E-state index is 11.5. The Hall–Kier alpha value is -3.13. The molecule has 0 unspecified atom stereocenters. The molecule has 1 saturated heterocycles. The Labute approximate surface area is 188 Å². The van der Waals surface area contributed by atoms with Crippen molar-refractivity contribution >= 4 is 50.0 Å². The number of nitrogens with one attached hydrogen (secondary N) is 1. The zero-order chi connectivity index (χ0) is 22.3. The number of morpholine rings is 1. The zero-order valence-electron chi connectivity index (χ0n) is 17.0. The minimum atomic E-state index is -3.77. The van der Waals surface area contributed by atoms with Crippen LogP contribution < -0.4 is 15.4 Å². The van der Waals surface area contributed by atoms with Gasteiger partial charge in [-0.05, 0) is 31.2 Å². The average molecular weight is 473 g/mol. The van der Waals surface area contributed by atoms with Gasteiger partial charge in [0.2, 0.25) is 16.0 Å². The van der Waals surface area contributed by atoms with Crippen LogP contribution in [0.25, 0.3) is 17.0 Å². The van der Waals surface area contributed by atoms with Crippen molar-refractivity contribution in [3.63, 3.8) is 0 Å². The molecule has 0 radical (unpaired) electrons. The summed E-state index contributed by atoms with van der Waals surface area (Å²) in [5.74, 6) is 1.77. The highest BCUT2D eigenvalue weighted by atomic mass is 32.2. The molecule has 0 amide bonds. The van der Waals surface area contributed by atoms with Crippen LogP contribution >= 0.6 is 11.3 Å². The number of anilines is 3. The lowest BCUT2D eigenvalue weighted by molar-refractivity contribution is 0.0526. The predicted octanol–water partition coefficient (Wildman–Crippen LogP) is 1.89. The fraction of sp³-hybridized carbons (Fsp3) is 0.263. The number of imidazole rings is 1. The normalized spacial score (nSPS) is 17.1. The highest BCUT2D eigenvalue weighted by Crippen LogP contribution is 2.28. The van der Waals surface area contributed by atoms with E-state index in [1.807, 2.05) is 16.9 Å². The number of hydrogen-bond acceptors (Lipinski definition) is 10. The van der Waals surface area contributed by atoms with E-state index in [1.165, 1.54) is 23.5 Å². The third-order valence-electron chi connectivity index (χ3n) is 5.02. The number of hydrogen-bond donors (Lipinski definition) is 2. The summed E-state index contributed by atoms with van der Waals surface area (Å²) in [5, 5.41) is 10.3. The molecule has 1 aromatic carbocycles. The number of primary sulfonamides is 1. The second-order valence-corrected chi connectivity index (χ2v) is 9.61. The molecule has 166 valence electrons. The topological polar surface area (TPSA) is 141 Å². The molecule has 5 rings (SSSR count). The summed E-state index contributed by atoms with van der Waals surface area (Å²) in [6, 6.07) is 6.13. The maximum Gasteiger partial charge on any atom is 0.238 e. The largest absolute Gasteiger partial charge is 0.375 e. The van der Waals surface area contributed by atoms with E-state index in [9.17, 15) is 8.42 Å². The van der Waals surface area contributed by atoms with Crippen LogP contribution in [0.1, 0.15) is 6.92 Å². The molecule has 32 heavy (non-hydrogen) atoms. The van der Waals surface area contributed by atoms with Crippen molar-refractivity contribution in [2.24, 2.45) is 5.14 Å². The fourth-order valence-corrected chi connectivity index (χ4v) is 4.52. The van der Waals surface area contributed by atoms with Gasteiger partial charge in [-0.2, -0.15) is 9.97 Å². The van der Waals surface area contributed by atoms with Gasteiger partial charge in [-0.15, -0.1) is 11.3 Å². The van der Waals surface area contributed by atoms with Gasteiger partial charge < -0.3 is 15.0 Å². The van der Waals surface area contributed by atoms with Gasteiger partial charge in [0.15, 0.2) is 22.8 Å². The second-order valence-electron chi connectivity index (χ2n) is 7.33. The van der Waals surface area contributed by atoms with Crippen molar-refractivity contribution in [3.8, 4) is 5.82 Å². The van der Waals surface area contributed by atoms with Gasteiger partial charge in [0, 0.05) is 24.2 Å². The van der Waals surface area contributed by atoms with E-state index in [1.54, 1.807) is 24.0 Å². The lowest BCUT2D eigenvalue weighted by Gasteiger charge is -2.31. The first kappa shape index (κ1) is 20.8. The third-order valence-corrected chi connectivity index (χ3v) is 6.52. The third kappa shape index (κ3) is 4.02. The first-order chi connectivity index (χ1) is 15.4. The number of fused-ring (bicyclic) bond motifs is 1. The van der Waals surface area contributed by atoms with E-state index >= 15 is 0 Å². The molecule has 0 spiro atoms. The molecule has 1 atom stereocenters. The number of aromatic nitrogens is 5. The Bertz CT molecular complexity index is 1350. The van der Waals surface area contributed by atoms with Gasteiger partial charge in [-0.3, -0.25) is 4.57 Å². The summed E-state index contributed by atoms with van der Waals surface area (Å²) in [7, 11) is -3.77. The Morgan fingerprint density at radius 2 is 2.03 bits per heavy atom. The Morgan fingerprint density at radius 3 is 2.72 bits per heavy atom. The SMILES string of the molecule is C[C@@H]1CN(c2nc(Nc3ccc(S(N)(=O)=O)cc3)c3ncn(-c4cscn4)c3n2)CCO1. The number of nitrogens with zero attached hydrogens (tertiary/aromatic N) is 6. The van der Waals surface area contributed by atoms with Gasteiger partial charge in [-0.25, -0.2) is 23.5 Å². The molecule has 11 nitrogen and oxygen atoms in total. The van der Waals surface area contributed by atoms with Gasteiger partial charge in [-0.1, -0.05) is 0 Å². The van der Waals surface area contributed by atoms with Crippen molar-refractivity contribution in [2.75, 3.05) is 29.9 Å². The van der Waals surface area contributed by atoms with Crippen LogP contribution in [-0.2, 0) is 14.8 Å². The Kier molecular flexibility index (Phi) is 5.25. The maximum atomic E-state index is 11.5. The monoisotopic (exact) mass is 472 g/mol. The molecule has 0 saturated carbocycles. The molecular weight excluding hydrogens is 452 g/mol. The first-order valence-corrected chi connectivity index (χ1v) is 12.3. The van der Waals surface area contributed by atoms with Crippen molar-refractivity contribution in [2.45, 2.75) is 17.9 Å². The van der Waals surface area contributed by atoms with Gasteiger partial charge in [0.25, 0.3) is 0 Å². The summed E-state index contributed by atoms with van der Waals surface area (Å²) in [6.07, 6.45) is 1.73. The van der Waals surface area contributed by atoms with E-state index < -0.39 is 10.0 Å². The molecular formula is C19H20N8O3S2. The fourth-order valence-electron chi connectivity index (χ4n) is 3.47. The number of sulfonamides is 1. The molecule has 4 aromatic rings. The van der Waals surface area contributed by atoms with E-state index in [2.05, 4.69) is 20.2 Å². The Balaban J connectivity index is 1.59. The van der Waals surface area contributed by atoms with Crippen LogP contribution in [0.4, 0.5) is 17.5 Å². The number of nitrogens with two attached hydrogens (primary N) is 1. The summed E-state index contributed by atoms with van der Waals surface area (Å²) in [6.45, 7) is 3.93. The van der Waals surface area contributed by atoms with Crippen LogP contribution in [-0.4, -0.2) is 58.7 Å². The summed E-state index contributed by atoms with van der Waals surface area (Å²) in [5.41, 5.74) is 3.57. The molecule has 0 bridgehead atoms. The van der Waals surface area contributed by atoms with E-state index in [0.29, 0.717) is 48.3 Å². The standard InChI is InChI=1S/C19H20N8O3S2/c1-12-8-26(6-7-30-12)19-24-17(23-13-2-4-14(5-3-13)32(20,28)29)16-18(25-19)27(10-21-16)15-9-31-11-22-15/h2-5,9-12H,6-8H2,1H3,(H2,20,28,29)(H,23,24,25)/t12-/m1/s1. The Morgan fingerprint density at radius 1 is 1.22 bits per heavy atom. The smallest absolute Gasteiger partial charge is 0.238 e. The summed E-state index contributed by atoms with van der Waals surface area (Å²) < 4.78 is 30.6. The molecule has 3 N–H and O–H groups in total. The quantitative estimate of drug-likeness (QED) is 0.445. The van der Waals surface area contributed by atoms with Gasteiger partial charge in [0.1, 0.15) is 6.33 Å². The summed E-state index contributed by atoms with van der Waals surface area (Å²) in [4.78, 5) is 20.5. The first-order valence-electron chi connectivity index (χ1n) is 9.78. The zero-order valence-corrected chi connectivity index (χ0v) is 18.7. The van der Waals surface area contributed by atoms with Crippen LogP contribution in [0.3, 0.4) is 0 Å². The lowest BCUT2D eigenvalue weighted by Crippen LogP contribution is -2.42. The molecule has 13 heteroatoms. The van der Waals surface area contributed by atoms with Crippen LogP contribution in [0, 0.1) is 0 Å². The molecule has 0 aliphatic carbocycles. The van der Waals surface area contributed by atoms with Crippen LogP contribution in [0.15, 0.2) is 46.4 Å². The molecule has 1 aliphatic rings. The predicted molar refractivity (Wildman–Crippen MR) is 121 cm³/mol. The van der Waals surface area contributed by atoms with E-state index in [4.69, 9.17) is 19.8 Å². The number of rotatable bonds is 5. The highest BCUT2D eigenvalue weighted by molar-refractivity contribution is 7.89. The van der Waals surface area contributed by atoms with Crippen molar-refractivity contribution in [1.29, 1.82) is 0 Å². The number of ether oxygens (including phenoxy) is 1. The van der Waals surface area contributed by atoms with Crippen LogP contribution in [0.5, 0.6) is 0 Å². The second kappa shape index (κ2) is 8.09.